The van der Waals surface area contributed by atoms with Crippen molar-refractivity contribution in [3.63, 3.8) is 0 Å². The summed E-state index contributed by atoms with van der Waals surface area (Å²) in [6.07, 6.45) is -1.65. The fourth-order valence-electron chi connectivity index (χ4n) is 8.20. The maximum atomic E-state index is 14.9. The Balaban J connectivity index is 1.07. The Morgan fingerprint density at radius 1 is 0.778 bits per heavy atom. The molecule has 2 aliphatic heterocycles. The molecule has 0 aliphatic carbocycles. The quantitative estimate of drug-likeness (QED) is 0.0311. The van der Waals surface area contributed by atoms with E-state index in [1.165, 1.54) is 34.9 Å². The first-order chi connectivity index (χ1) is 34.9. The van der Waals surface area contributed by atoms with Crippen LogP contribution in [-0.4, -0.2) is 73.2 Å². The number of nitrogens with zero attached hydrogens (tertiary/aromatic N) is 4. The number of esters is 1. The zero-order valence-corrected chi connectivity index (χ0v) is 40.8. The predicted molar refractivity (Wildman–Crippen MR) is 271 cm³/mol. The second-order valence-corrected chi connectivity index (χ2v) is 19.4. The molecule has 0 saturated carbocycles. The standard InChI is InChI=1S/C55H47FN6O8S2/c1-54(2,3)69-53(66)59-52-58-47(61-72-52)43(60-70-55(38-24-13-6-14-25-38,39-26-15-7-16-27-39)40-28-17-8-18-29-40)48(63)57-44-49(64)62-45(37(34-71-50(44)62)33-67-42-31-19-30-41(56)32-42)51(65)68-46(35-20-9-4-10-21-35)36-22-11-5-12-23-36/h4-32,44,46,50H,33-34H2,1-3H3,(H,57,63)(H,58,59,61,66)/b60-43+/t44?,50-/m1/s1. The summed E-state index contributed by atoms with van der Waals surface area (Å²) in [4.78, 5) is 69.5. The second-order valence-electron chi connectivity index (χ2n) is 17.5. The molecule has 72 heavy (non-hydrogen) atoms. The maximum Gasteiger partial charge on any atom is 0.414 e. The zero-order chi connectivity index (χ0) is 50.2. The average Bonchev–Trinajstić information content (AvgIpc) is 3.85. The number of benzene rings is 6. The van der Waals surface area contributed by atoms with Crippen molar-refractivity contribution < 1.29 is 42.6 Å². The minimum absolute atomic E-state index is 0.000450. The summed E-state index contributed by atoms with van der Waals surface area (Å²) in [7, 11) is 0. The number of hydrogen-bond donors (Lipinski definition) is 2. The molecule has 364 valence electrons. The van der Waals surface area contributed by atoms with E-state index in [1.54, 1.807) is 26.8 Å². The van der Waals surface area contributed by atoms with Gasteiger partial charge in [0.25, 0.3) is 11.8 Å². The molecule has 2 aliphatic rings. The number of amides is 3. The lowest BCUT2D eigenvalue weighted by Crippen LogP contribution is -2.71. The van der Waals surface area contributed by atoms with E-state index >= 15 is 0 Å². The Morgan fingerprint density at radius 3 is 1.88 bits per heavy atom. The Morgan fingerprint density at radius 2 is 1.33 bits per heavy atom. The van der Waals surface area contributed by atoms with Crippen molar-refractivity contribution in [3.05, 3.63) is 227 Å². The number of rotatable bonds is 16. The fraction of sp³-hybridized carbons (Fsp3) is 0.182. The number of fused-ring (bicyclic) bond motifs is 1. The summed E-state index contributed by atoms with van der Waals surface area (Å²) < 4.78 is 36.4. The molecule has 1 saturated heterocycles. The van der Waals surface area contributed by atoms with Crippen molar-refractivity contribution >= 4 is 58.0 Å². The number of oxime groups is 1. The van der Waals surface area contributed by atoms with Gasteiger partial charge in [-0.2, -0.15) is 9.36 Å². The van der Waals surface area contributed by atoms with Crippen LogP contribution in [0.3, 0.4) is 0 Å². The Bertz CT molecular complexity index is 2990. The van der Waals surface area contributed by atoms with Crippen LogP contribution < -0.4 is 15.4 Å². The van der Waals surface area contributed by atoms with Crippen molar-refractivity contribution in [2.24, 2.45) is 5.16 Å². The van der Waals surface area contributed by atoms with Gasteiger partial charge in [-0.25, -0.2) is 14.0 Å². The molecule has 0 bridgehead atoms. The Kier molecular flexibility index (Phi) is 14.6. The number of carbonyl (C=O) groups is 4. The average molecular weight is 1000 g/mol. The number of carbonyl (C=O) groups excluding carboxylic acids is 4. The highest BCUT2D eigenvalue weighted by atomic mass is 32.2. The fourth-order valence-corrected chi connectivity index (χ4v) is 10.1. The van der Waals surface area contributed by atoms with Gasteiger partial charge in [-0.05, 0) is 44.0 Å². The van der Waals surface area contributed by atoms with Gasteiger partial charge >= 0.3 is 12.1 Å². The third-order valence-corrected chi connectivity index (χ3v) is 13.4. The summed E-state index contributed by atoms with van der Waals surface area (Å²) in [6.45, 7) is 4.97. The molecule has 2 atom stereocenters. The summed E-state index contributed by atoms with van der Waals surface area (Å²) in [5, 5.41) is 9.17. The van der Waals surface area contributed by atoms with Crippen molar-refractivity contribution in [3.8, 4) is 5.75 Å². The topological polar surface area (TPSA) is 171 Å². The molecule has 1 unspecified atom stereocenters. The monoisotopic (exact) mass is 1000 g/mol. The molecule has 3 heterocycles. The molecule has 17 heteroatoms. The lowest BCUT2D eigenvalue weighted by molar-refractivity contribution is -0.154. The Hall–Kier alpha value is -8.15. The first-order valence-corrected chi connectivity index (χ1v) is 24.6. The van der Waals surface area contributed by atoms with E-state index in [1.807, 2.05) is 152 Å². The smallest absolute Gasteiger partial charge is 0.414 e. The molecule has 6 aromatic carbocycles. The normalized spacial score (nSPS) is 15.8. The zero-order valence-electron chi connectivity index (χ0n) is 39.1. The van der Waals surface area contributed by atoms with Crippen LogP contribution in [0.5, 0.6) is 5.75 Å². The van der Waals surface area contributed by atoms with E-state index in [0.29, 0.717) is 33.4 Å². The number of nitrogens with one attached hydrogen (secondary N) is 2. The van der Waals surface area contributed by atoms with Crippen LogP contribution in [0, 0.1) is 5.82 Å². The van der Waals surface area contributed by atoms with E-state index in [0.717, 1.165) is 11.5 Å². The number of hydrogen-bond acceptors (Lipinski definition) is 13. The van der Waals surface area contributed by atoms with Gasteiger partial charge in [-0.15, -0.1) is 11.8 Å². The van der Waals surface area contributed by atoms with E-state index in [-0.39, 0.29) is 34.8 Å². The van der Waals surface area contributed by atoms with Crippen LogP contribution >= 0.6 is 23.3 Å². The molecule has 14 nitrogen and oxygen atoms in total. The highest BCUT2D eigenvalue weighted by molar-refractivity contribution is 8.00. The lowest BCUT2D eigenvalue weighted by Gasteiger charge is -2.49. The second kappa shape index (κ2) is 21.5. The first kappa shape index (κ1) is 48.9. The highest BCUT2D eigenvalue weighted by Crippen LogP contribution is 2.43. The minimum atomic E-state index is -1.44. The number of anilines is 1. The van der Waals surface area contributed by atoms with Crippen LogP contribution in [-0.2, 0) is 34.3 Å². The third kappa shape index (κ3) is 10.8. The van der Waals surface area contributed by atoms with Gasteiger partial charge in [0, 0.05) is 45.6 Å². The largest absolute Gasteiger partial charge is 0.489 e. The molecule has 0 spiro atoms. The van der Waals surface area contributed by atoms with E-state index in [4.69, 9.17) is 19.0 Å². The van der Waals surface area contributed by atoms with Crippen molar-refractivity contribution in [2.75, 3.05) is 17.7 Å². The first-order valence-electron chi connectivity index (χ1n) is 22.8. The molecule has 1 aromatic heterocycles. The molecule has 1 fully saturated rings. The summed E-state index contributed by atoms with van der Waals surface area (Å²) >= 11 is 2.07. The highest BCUT2D eigenvalue weighted by Gasteiger charge is 2.55. The lowest BCUT2D eigenvalue weighted by atomic mass is 9.80. The van der Waals surface area contributed by atoms with Crippen molar-refractivity contribution in [1.29, 1.82) is 0 Å². The van der Waals surface area contributed by atoms with Crippen molar-refractivity contribution in [1.82, 2.24) is 19.6 Å². The predicted octanol–water partition coefficient (Wildman–Crippen LogP) is 9.80. The van der Waals surface area contributed by atoms with Gasteiger partial charge < -0.3 is 24.4 Å². The minimum Gasteiger partial charge on any atom is -0.489 e. The molecular formula is C55H47FN6O8S2. The summed E-state index contributed by atoms with van der Waals surface area (Å²) in [6, 6.07) is 50.9. The number of halogens is 1. The van der Waals surface area contributed by atoms with Crippen molar-refractivity contribution in [2.45, 2.75) is 49.5 Å². The van der Waals surface area contributed by atoms with Crippen LogP contribution in [0.25, 0.3) is 0 Å². The number of ether oxygens (including phenoxy) is 3. The molecule has 3 amide bonds. The van der Waals surface area contributed by atoms with Gasteiger partial charge in [-0.3, -0.25) is 19.8 Å². The number of aromatic nitrogens is 2. The van der Waals surface area contributed by atoms with Gasteiger partial charge in [0.2, 0.25) is 22.3 Å². The summed E-state index contributed by atoms with van der Waals surface area (Å²) in [5.74, 6) is -2.66. The molecular weight excluding hydrogens is 956 g/mol. The Labute approximate surface area is 423 Å². The van der Waals surface area contributed by atoms with E-state index in [9.17, 15) is 23.6 Å². The molecule has 9 rings (SSSR count). The molecule has 0 radical (unpaired) electrons. The van der Waals surface area contributed by atoms with Crippen LogP contribution in [0.15, 0.2) is 192 Å². The molecule has 2 N–H and O–H groups in total. The maximum absolute atomic E-state index is 14.9. The van der Waals surface area contributed by atoms with E-state index in [2.05, 4.69) is 25.1 Å². The van der Waals surface area contributed by atoms with E-state index < -0.39 is 64.1 Å². The van der Waals surface area contributed by atoms with Gasteiger partial charge in [0.15, 0.2) is 6.10 Å². The number of thioether (sulfide) groups is 1. The van der Waals surface area contributed by atoms with Gasteiger partial charge in [-0.1, -0.05) is 163 Å². The van der Waals surface area contributed by atoms with Crippen LogP contribution in [0.1, 0.15) is 60.5 Å². The summed E-state index contributed by atoms with van der Waals surface area (Å²) in [5.41, 5.74) is 1.10. The van der Waals surface area contributed by atoms with Gasteiger partial charge in [0.05, 0.1) is 0 Å². The molecule has 7 aromatic rings. The third-order valence-electron chi connectivity index (χ3n) is 11.4. The van der Waals surface area contributed by atoms with Crippen LogP contribution in [0.2, 0.25) is 0 Å². The van der Waals surface area contributed by atoms with Gasteiger partial charge in [0.1, 0.15) is 40.9 Å². The van der Waals surface area contributed by atoms with Crippen LogP contribution in [0.4, 0.5) is 14.3 Å². The number of β-lactam (4-membered cyclic amide) rings is 1. The SMILES string of the molecule is CC(C)(C)OC(=O)Nc1nc(/C(=N\OC(c2ccccc2)(c2ccccc2)c2ccccc2)C(=O)NC2C(=O)N3C(C(=O)OC(c4ccccc4)c4ccccc4)=C(COc4cccc(F)c4)CS[C@H]23)ns1.